The molecule has 0 amide bonds. The minimum Gasteiger partial charge on any atom is -0.307 e. The van der Waals surface area contributed by atoms with Crippen molar-refractivity contribution in [3.05, 3.63) is 224 Å². The zero-order valence-corrected chi connectivity index (χ0v) is 33.6. The molecule has 9 aromatic carbocycles. The average Bonchev–Trinajstić information content (AvgIpc) is 3.97. The van der Waals surface area contributed by atoms with Crippen LogP contribution >= 0.6 is 0 Å². The highest BCUT2D eigenvalue weighted by atomic mass is 15.1. The van der Waals surface area contributed by atoms with E-state index in [0.717, 1.165) is 105 Å². The van der Waals surface area contributed by atoms with Crippen LogP contribution in [0.25, 0.3) is 116 Å². The number of aromatic nitrogens is 5. The van der Waals surface area contributed by atoms with Crippen LogP contribution in [0.4, 0.5) is 0 Å². The topological polar surface area (TPSA) is 40.6 Å². The highest BCUT2D eigenvalue weighted by molar-refractivity contribution is 6.14. The van der Waals surface area contributed by atoms with Crippen molar-refractivity contribution < 1.29 is 8.22 Å². The summed E-state index contributed by atoms with van der Waals surface area (Å²) in [5, 5.41) is 4.95. The van der Waals surface area contributed by atoms with Crippen LogP contribution in [0.1, 0.15) is 8.22 Å². The van der Waals surface area contributed by atoms with Gasteiger partial charge in [-0.3, -0.25) is 0 Å². The Morgan fingerprint density at radius 1 is 0.302 bits per heavy atom. The molecule has 0 unspecified atom stereocenters. The van der Waals surface area contributed by atoms with Gasteiger partial charge in [-0.05, 0) is 54.6 Å². The molecule has 0 aliphatic carbocycles. The van der Waals surface area contributed by atoms with Gasteiger partial charge in [-0.2, -0.15) is 0 Å². The average molecular weight is 810 g/mol. The monoisotopic (exact) mass is 809 g/mol. The van der Waals surface area contributed by atoms with E-state index in [1.54, 1.807) is 36.4 Å². The van der Waals surface area contributed by atoms with E-state index in [9.17, 15) is 0 Å². The molecule has 0 N–H and O–H groups in total. The maximum atomic E-state index is 8.81. The third-order valence-corrected chi connectivity index (χ3v) is 12.3. The summed E-state index contributed by atoms with van der Waals surface area (Å²) in [6, 6.07) is 62.3. The molecule has 0 bridgehead atoms. The van der Waals surface area contributed by atoms with Gasteiger partial charge < -0.3 is 13.7 Å². The molecule has 0 spiro atoms. The lowest BCUT2D eigenvalue weighted by Crippen LogP contribution is -2.10. The zero-order chi connectivity index (χ0) is 46.7. The molecule has 0 saturated heterocycles. The number of nitrogens with zero attached hydrogens (tertiary/aromatic N) is 5. The predicted octanol–water partition coefficient (Wildman–Crippen LogP) is 14.8. The minimum atomic E-state index is 0.347. The molecular formula is C58H37N5. The first-order valence-corrected chi connectivity index (χ1v) is 20.9. The van der Waals surface area contributed by atoms with Crippen LogP contribution in [-0.2, 0) is 0 Å². The van der Waals surface area contributed by atoms with Gasteiger partial charge in [0.1, 0.15) is 0 Å². The molecule has 0 aliphatic heterocycles. The third-order valence-electron chi connectivity index (χ3n) is 12.3. The van der Waals surface area contributed by atoms with Crippen molar-refractivity contribution in [2.45, 2.75) is 0 Å². The Morgan fingerprint density at radius 3 is 1.02 bits per heavy atom. The van der Waals surface area contributed by atoms with Gasteiger partial charge >= 0.3 is 0 Å². The van der Waals surface area contributed by atoms with Crippen LogP contribution in [0.5, 0.6) is 0 Å². The maximum absolute atomic E-state index is 8.81. The molecular weight excluding hydrogens is 767 g/mol. The van der Waals surface area contributed by atoms with E-state index in [1.807, 2.05) is 140 Å². The lowest BCUT2D eigenvalue weighted by atomic mass is 10.0. The number of hydrogen-bond acceptors (Lipinski definition) is 2. The molecule has 0 saturated carbocycles. The fourth-order valence-electron chi connectivity index (χ4n) is 9.54. The fraction of sp³-hybridized carbons (Fsp3) is 0. The minimum absolute atomic E-state index is 0.347. The van der Waals surface area contributed by atoms with Crippen LogP contribution in [0.3, 0.4) is 0 Å². The highest BCUT2D eigenvalue weighted by Crippen LogP contribution is 2.45. The summed E-state index contributed by atoms with van der Waals surface area (Å²) < 4.78 is 59.5. The van der Waals surface area contributed by atoms with Crippen molar-refractivity contribution >= 4 is 65.4 Å². The summed E-state index contributed by atoms with van der Waals surface area (Å²) in [4.78, 5) is 10.5. The van der Waals surface area contributed by atoms with E-state index in [4.69, 9.17) is 18.2 Å². The number of benzene rings is 9. The normalized spacial score (nSPS) is 13.1. The van der Waals surface area contributed by atoms with Gasteiger partial charge in [0.05, 0.1) is 69.8 Å². The summed E-state index contributed by atoms with van der Waals surface area (Å²) in [5.41, 5.74) is 11.2. The van der Waals surface area contributed by atoms with Gasteiger partial charge in [0.15, 0.2) is 5.82 Å². The molecule has 294 valence electrons. The second-order valence-electron chi connectivity index (χ2n) is 15.7. The Balaban J connectivity index is 1.28. The summed E-state index contributed by atoms with van der Waals surface area (Å²) in [6.45, 7) is 0. The van der Waals surface area contributed by atoms with Crippen molar-refractivity contribution in [1.29, 1.82) is 0 Å². The summed E-state index contributed by atoms with van der Waals surface area (Å²) in [6.07, 6.45) is 0. The van der Waals surface area contributed by atoms with Crippen molar-refractivity contribution in [2.24, 2.45) is 0 Å². The molecule has 0 aliphatic rings. The highest BCUT2D eigenvalue weighted by Gasteiger charge is 2.26. The smallest absolute Gasteiger partial charge is 0.160 e. The van der Waals surface area contributed by atoms with Crippen molar-refractivity contribution in [1.82, 2.24) is 23.7 Å². The standard InChI is InChI=1S/C58H37N5/c1-3-19-38(20-4-1)47-37-48(60-58(59-47)39-21-5-2-6-22-39)40-35-55(61-49-29-13-7-23-41(49)42-24-8-14-30-50(42)61)57(63-53-33-17-11-27-45(53)46-28-12-18-34-54(46)63)56(36-40)62-51-31-15-9-25-43(51)44-26-10-16-32-52(44)62/h1-37H/i7D,8D,9D,10D,11D,12D. The lowest BCUT2D eigenvalue weighted by Gasteiger charge is -2.23. The van der Waals surface area contributed by atoms with E-state index in [2.05, 4.69) is 25.8 Å². The van der Waals surface area contributed by atoms with Gasteiger partial charge in [-0.15, -0.1) is 0 Å². The first-order valence-electron chi connectivity index (χ1n) is 23.9. The Labute approximate surface area is 371 Å². The second-order valence-corrected chi connectivity index (χ2v) is 15.7. The maximum Gasteiger partial charge on any atom is 0.160 e. The second kappa shape index (κ2) is 14.0. The molecule has 5 nitrogen and oxygen atoms in total. The molecule has 4 aromatic heterocycles. The van der Waals surface area contributed by atoms with Crippen molar-refractivity contribution in [3.63, 3.8) is 0 Å². The van der Waals surface area contributed by atoms with Crippen LogP contribution in [-0.4, -0.2) is 23.7 Å². The summed E-state index contributed by atoms with van der Waals surface area (Å²) in [7, 11) is 0. The predicted molar refractivity (Wildman–Crippen MR) is 261 cm³/mol. The fourth-order valence-corrected chi connectivity index (χ4v) is 9.54. The molecule has 4 heterocycles. The number of para-hydroxylation sites is 6. The van der Waals surface area contributed by atoms with Crippen LogP contribution in [0.15, 0.2) is 224 Å². The van der Waals surface area contributed by atoms with Gasteiger partial charge in [-0.25, -0.2) is 9.97 Å². The molecule has 63 heavy (non-hydrogen) atoms. The van der Waals surface area contributed by atoms with Gasteiger partial charge in [0, 0.05) is 49.0 Å². The molecule has 0 fully saturated rings. The van der Waals surface area contributed by atoms with Crippen LogP contribution < -0.4 is 0 Å². The third kappa shape index (κ3) is 5.43. The van der Waals surface area contributed by atoms with Crippen LogP contribution in [0, 0.1) is 0 Å². The van der Waals surface area contributed by atoms with Crippen molar-refractivity contribution in [3.8, 4) is 51.0 Å². The summed E-state index contributed by atoms with van der Waals surface area (Å²) >= 11 is 0. The molecule has 13 rings (SSSR count). The van der Waals surface area contributed by atoms with E-state index in [0.29, 0.717) is 47.8 Å². The number of hydrogen-bond donors (Lipinski definition) is 0. The quantitative estimate of drug-likeness (QED) is 0.168. The van der Waals surface area contributed by atoms with E-state index in [-0.39, 0.29) is 0 Å². The van der Waals surface area contributed by atoms with Gasteiger partial charge in [0.25, 0.3) is 0 Å². The Hall–Kier alpha value is -8.54. The summed E-state index contributed by atoms with van der Waals surface area (Å²) in [5.74, 6) is 0.560. The van der Waals surface area contributed by atoms with E-state index in [1.165, 1.54) is 0 Å². The van der Waals surface area contributed by atoms with Gasteiger partial charge in [0.2, 0.25) is 0 Å². The first-order chi connectivity index (χ1) is 33.6. The Kier molecular flexibility index (Phi) is 6.59. The lowest BCUT2D eigenvalue weighted by molar-refractivity contribution is 1.05. The number of rotatable bonds is 6. The number of fused-ring (bicyclic) bond motifs is 9. The Bertz CT molecular complexity index is 3890. The van der Waals surface area contributed by atoms with Crippen LogP contribution in [0.2, 0.25) is 0 Å². The zero-order valence-electron chi connectivity index (χ0n) is 39.6. The van der Waals surface area contributed by atoms with Gasteiger partial charge in [-0.1, -0.05) is 170 Å². The largest absolute Gasteiger partial charge is 0.307 e. The SMILES string of the molecule is [2H]c1ccc2c(c1)c1cc([2H])ccc1n2-c1cc(-c2cc(-c3ccccc3)nc(-c3ccccc3)n2)cc(-n2c3ccc([2H])cc3c3cc([2H])ccc32)c1-n1c2ccc([2H])cc2c2cc([2H])ccc21. The van der Waals surface area contributed by atoms with E-state index < -0.39 is 0 Å². The Morgan fingerprint density at radius 2 is 0.635 bits per heavy atom. The first kappa shape index (κ1) is 29.6. The molecule has 13 aromatic rings. The molecule has 0 atom stereocenters. The van der Waals surface area contributed by atoms with Crippen molar-refractivity contribution in [2.75, 3.05) is 0 Å². The molecule has 0 radical (unpaired) electrons. The van der Waals surface area contributed by atoms with E-state index >= 15 is 0 Å². The molecule has 5 heteroatoms.